The molecule has 1 heterocycles. The van der Waals surface area contributed by atoms with Crippen LogP contribution in [0.5, 0.6) is 5.75 Å². The van der Waals surface area contributed by atoms with Gasteiger partial charge in [0.15, 0.2) is 0 Å². The molecule has 3 nitrogen and oxygen atoms in total. The quantitative estimate of drug-likeness (QED) is 0.917. The van der Waals surface area contributed by atoms with Crippen LogP contribution in [0.15, 0.2) is 24.3 Å². The number of hydrogen-bond acceptors (Lipinski definition) is 4. The van der Waals surface area contributed by atoms with Crippen LogP contribution in [-0.2, 0) is 6.42 Å². The number of rotatable bonds is 3. The number of ether oxygens (including phenoxy) is 1. The lowest BCUT2D eigenvalue weighted by Gasteiger charge is -2.09. The highest BCUT2D eigenvalue weighted by Gasteiger charge is 2.31. The van der Waals surface area contributed by atoms with Gasteiger partial charge in [0, 0.05) is 4.88 Å². The fourth-order valence-electron chi connectivity index (χ4n) is 1.95. The van der Waals surface area contributed by atoms with Crippen LogP contribution in [-0.4, -0.2) is 6.36 Å². The van der Waals surface area contributed by atoms with E-state index in [0.717, 1.165) is 10.4 Å². The standard InChI is InChI=1S/C14H11F3N2OS/c1-2-10-12(19)11(7-18)21-13(10)8-3-5-9(6-4-8)20-14(15,16)17/h3-6H,2,19H2,1H3. The van der Waals surface area contributed by atoms with Crippen molar-refractivity contribution in [3.8, 4) is 22.3 Å². The molecule has 0 aliphatic rings. The third-order valence-corrected chi connectivity index (χ3v) is 4.05. The van der Waals surface area contributed by atoms with Gasteiger partial charge in [-0.1, -0.05) is 6.92 Å². The van der Waals surface area contributed by atoms with Gasteiger partial charge < -0.3 is 10.5 Å². The normalized spacial score (nSPS) is 11.2. The topological polar surface area (TPSA) is 59.0 Å². The summed E-state index contributed by atoms with van der Waals surface area (Å²) >= 11 is 1.23. The van der Waals surface area contributed by atoms with Crippen molar-refractivity contribution in [1.29, 1.82) is 5.26 Å². The number of anilines is 1. The van der Waals surface area contributed by atoms with Crippen LogP contribution in [0.25, 0.3) is 10.4 Å². The number of alkyl halides is 3. The van der Waals surface area contributed by atoms with E-state index in [1.54, 1.807) is 0 Å². The number of benzene rings is 1. The summed E-state index contributed by atoms with van der Waals surface area (Å²) in [6, 6.07) is 7.54. The fraction of sp³-hybridized carbons (Fsp3) is 0.214. The van der Waals surface area contributed by atoms with Crippen molar-refractivity contribution in [1.82, 2.24) is 0 Å². The maximum Gasteiger partial charge on any atom is 0.573 e. The first-order valence-electron chi connectivity index (χ1n) is 6.03. The molecule has 0 aliphatic carbocycles. The average molecular weight is 312 g/mol. The number of thiophene rings is 1. The van der Waals surface area contributed by atoms with Gasteiger partial charge in [-0.25, -0.2) is 0 Å². The fourth-order valence-corrected chi connectivity index (χ4v) is 3.07. The third kappa shape index (κ3) is 3.28. The average Bonchev–Trinajstić information content (AvgIpc) is 2.74. The molecule has 0 aliphatic heterocycles. The molecule has 0 bridgehead atoms. The lowest BCUT2D eigenvalue weighted by atomic mass is 10.1. The van der Waals surface area contributed by atoms with E-state index in [9.17, 15) is 13.2 Å². The summed E-state index contributed by atoms with van der Waals surface area (Å²) in [6.45, 7) is 1.91. The molecule has 1 aromatic heterocycles. The number of nitrogens with two attached hydrogens (primary N) is 1. The minimum atomic E-state index is -4.71. The second-order valence-corrected chi connectivity index (χ2v) is 5.21. The molecule has 2 rings (SSSR count). The first kappa shape index (κ1) is 15.2. The molecule has 2 aromatic rings. The largest absolute Gasteiger partial charge is 0.573 e. The van der Waals surface area contributed by atoms with Crippen molar-refractivity contribution in [2.75, 3.05) is 5.73 Å². The molecular formula is C14H11F3N2OS. The van der Waals surface area contributed by atoms with Crippen molar-refractivity contribution in [2.45, 2.75) is 19.7 Å². The van der Waals surface area contributed by atoms with Gasteiger partial charge in [0.1, 0.15) is 16.7 Å². The maximum absolute atomic E-state index is 12.1. The Hall–Kier alpha value is -2.20. The van der Waals surface area contributed by atoms with Gasteiger partial charge >= 0.3 is 6.36 Å². The number of nitrogens with zero attached hydrogens (tertiary/aromatic N) is 1. The summed E-state index contributed by atoms with van der Waals surface area (Å²) in [5, 5.41) is 9.01. The Kier molecular flexibility index (Phi) is 4.09. The Labute approximate surface area is 123 Å². The minimum absolute atomic E-state index is 0.283. The first-order chi connectivity index (χ1) is 9.85. The summed E-state index contributed by atoms with van der Waals surface area (Å²) in [4.78, 5) is 1.21. The van der Waals surface area contributed by atoms with Crippen LogP contribution in [0.3, 0.4) is 0 Å². The van der Waals surface area contributed by atoms with E-state index < -0.39 is 6.36 Å². The van der Waals surface area contributed by atoms with E-state index in [1.165, 1.54) is 35.6 Å². The van der Waals surface area contributed by atoms with Crippen LogP contribution in [0.1, 0.15) is 17.4 Å². The SMILES string of the molecule is CCc1c(-c2ccc(OC(F)(F)F)cc2)sc(C#N)c1N. The molecule has 0 radical (unpaired) electrons. The molecule has 0 atom stereocenters. The Bertz CT molecular complexity index is 684. The summed E-state index contributed by atoms with van der Waals surface area (Å²) in [5.41, 5.74) is 7.87. The van der Waals surface area contributed by atoms with Gasteiger partial charge in [-0.3, -0.25) is 0 Å². The molecule has 110 valence electrons. The van der Waals surface area contributed by atoms with Gasteiger partial charge in [-0.15, -0.1) is 24.5 Å². The highest BCUT2D eigenvalue weighted by atomic mass is 32.1. The van der Waals surface area contributed by atoms with E-state index >= 15 is 0 Å². The smallest absolute Gasteiger partial charge is 0.406 e. The van der Waals surface area contributed by atoms with Gasteiger partial charge in [-0.2, -0.15) is 5.26 Å². The monoisotopic (exact) mass is 312 g/mol. The zero-order valence-electron chi connectivity index (χ0n) is 11.0. The molecule has 0 spiro atoms. The Morgan fingerprint density at radius 2 is 1.90 bits per heavy atom. The zero-order valence-corrected chi connectivity index (χ0v) is 11.8. The second-order valence-electron chi connectivity index (χ2n) is 4.19. The zero-order chi connectivity index (χ0) is 15.6. The predicted molar refractivity (Wildman–Crippen MR) is 74.9 cm³/mol. The number of hydrogen-bond donors (Lipinski definition) is 1. The van der Waals surface area contributed by atoms with Gasteiger partial charge in [0.2, 0.25) is 0 Å². The molecule has 1 aromatic carbocycles. The lowest BCUT2D eigenvalue weighted by Crippen LogP contribution is -2.16. The maximum atomic E-state index is 12.1. The summed E-state index contributed by atoms with van der Waals surface area (Å²) in [5.74, 6) is -0.283. The van der Waals surface area contributed by atoms with Gasteiger partial charge in [0.25, 0.3) is 0 Å². The Balaban J connectivity index is 2.38. The van der Waals surface area contributed by atoms with Crippen molar-refractivity contribution in [2.24, 2.45) is 0 Å². The highest BCUT2D eigenvalue weighted by Crippen LogP contribution is 2.39. The number of nitriles is 1. The van der Waals surface area contributed by atoms with Crippen molar-refractivity contribution < 1.29 is 17.9 Å². The lowest BCUT2D eigenvalue weighted by molar-refractivity contribution is -0.274. The molecule has 21 heavy (non-hydrogen) atoms. The molecule has 0 saturated heterocycles. The van der Waals surface area contributed by atoms with Gasteiger partial charge in [0.05, 0.1) is 5.69 Å². The van der Waals surface area contributed by atoms with Crippen molar-refractivity contribution >= 4 is 17.0 Å². The number of nitrogen functional groups attached to an aromatic ring is 1. The van der Waals surface area contributed by atoms with Crippen LogP contribution in [0.2, 0.25) is 0 Å². The van der Waals surface area contributed by atoms with E-state index in [1.807, 2.05) is 13.0 Å². The van der Waals surface area contributed by atoms with Crippen LogP contribution in [0.4, 0.5) is 18.9 Å². The highest BCUT2D eigenvalue weighted by molar-refractivity contribution is 7.16. The summed E-state index contributed by atoms with van der Waals surface area (Å²) in [7, 11) is 0. The van der Waals surface area contributed by atoms with E-state index in [2.05, 4.69) is 4.74 Å². The van der Waals surface area contributed by atoms with Gasteiger partial charge in [-0.05, 0) is 41.8 Å². The molecule has 2 N–H and O–H groups in total. The van der Waals surface area contributed by atoms with E-state index in [0.29, 0.717) is 22.5 Å². The third-order valence-electron chi connectivity index (χ3n) is 2.85. The summed E-state index contributed by atoms with van der Waals surface area (Å²) in [6.07, 6.45) is -4.07. The molecule has 0 unspecified atom stereocenters. The van der Waals surface area contributed by atoms with E-state index in [4.69, 9.17) is 11.0 Å². The molecule has 0 fully saturated rings. The second kappa shape index (κ2) is 5.66. The Morgan fingerprint density at radius 1 is 1.29 bits per heavy atom. The van der Waals surface area contributed by atoms with Crippen molar-refractivity contribution in [3.63, 3.8) is 0 Å². The molecule has 0 amide bonds. The summed E-state index contributed by atoms with van der Waals surface area (Å²) < 4.78 is 40.2. The van der Waals surface area contributed by atoms with Crippen molar-refractivity contribution in [3.05, 3.63) is 34.7 Å². The first-order valence-corrected chi connectivity index (χ1v) is 6.84. The van der Waals surface area contributed by atoms with Crippen LogP contribution < -0.4 is 10.5 Å². The molecule has 7 heteroatoms. The molecular weight excluding hydrogens is 301 g/mol. The Morgan fingerprint density at radius 3 is 2.38 bits per heavy atom. The number of halogens is 3. The molecule has 0 saturated carbocycles. The minimum Gasteiger partial charge on any atom is -0.406 e. The van der Waals surface area contributed by atoms with Crippen LogP contribution >= 0.6 is 11.3 Å². The van der Waals surface area contributed by atoms with Crippen LogP contribution in [0, 0.1) is 11.3 Å². The predicted octanol–water partition coefficient (Wildman–Crippen LogP) is 4.33. The van der Waals surface area contributed by atoms with E-state index in [-0.39, 0.29) is 5.75 Å².